The van der Waals surface area contributed by atoms with Gasteiger partial charge in [-0.05, 0) is 26.0 Å². The molecular formula is C21H29N3O3. The topological polar surface area (TPSA) is 46.5 Å². The Morgan fingerprint density at radius 1 is 1.04 bits per heavy atom. The fourth-order valence-electron chi connectivity index (χ4n) is 2.47. The molecule has 6 nitrogen and oxygen atoms in total. The number of ether oxygens (including phenoxy) is 3. The van der Waals surface area contributed by atoms with E-state index >= 15 is 0 Å². The van der Waals surface area contributed by atoms with Crippen LogP contribution < -0.4 is 19.1 Å². The first-order valence-corrected chi connectivity index (χ1v) is 8.90. The summed E-state index contributed by atoms with van der Waals surface area (Å²) in [5.74, 6) is 2.25. The van der Waals surface area contributed by atoms with Crippen molar-refractivity contribution in [1.82, 2.24) is 4.90 Å². The van der Waals surface area contributed by atoms with E-state index in [1.807, 2.05) is 73.6 Å². The third-order valence-corrected chi connectivity index (χ3v) is 4.34. The average molecular weight is 371 g/mol. The van der Waals surface area contributed by atoms with Gasteiger partial charge in [0.2, 0.25) is 0 Å². The van der Waals surface area contributed by atoms with E-state index in [1.54, 1.807) is 14.2 Å². The Morgan fingerprint density at radius 3 is 2.44 bits per heavy atom. The number of benzene rings is 2. The van der Waals surface area contributed by atoms with Crippen LogP contribution in [0.25, 0.3) is 0 Å². The van der Waals surface area contributed by atoms with Crippen LogP contribution in [-0.2, 0) is 0 Å². The Bertz CT molecular complexity index is 777. The van der Waals surface area contributed by atoms with E-state index in [-0.39, 0.29) is 0 Å². The number of rotatable bonds is 9. The fraction of sp³-hybridized carbons (Fsp3) is 0.381. The number of aliphatic imine (C=N–C) groups is 1. The molecule has 2 rings (SSSR count). The molecule has 146 valence electrons. The lowest BCUT2D eigenvalue weighted by molar-refractivity contribution is 0.314. The molecule has 0 aliphatic rings. The summed E-state index contributed by atoms with van der Waals surface area (Å²) in [5, 5.41) is 0. The molecule has 0 saturated carbocycles. The number of anilines is 1. The van der Waals surface area contributed by atoms with Gasteiger partial charge in [0.1, 0.15) is 17.2 Å². The first-order valence-electron chi connectivity index (χ1n) is 8.90. The molecule has 0 spiro atoms. The maximum atomic E-state index is 6.07. The van der Waals surface area contributed by atoms with E-state index in [9.17, 15) is 0 Å². The van der Waals surface area contributed by atoms with Crippen LogP contribution in [0.1, 0.15) is 12.5 Å². The standard InChI is InChI=1S/C21H29N3O3/c1-7-23(3)14-22-18-12-17(25-5)13-21(16(18)2)27-15-24(4)19-10-8-9-11-20(19)26-6/h8-14H,7,15H2,1-6H3/b22-14+. The van der Waals surface area contributed by atoms with Gasteiger partial charge in [-0.1, -0.05) is 12.1 Å². The average Bonchev–Trinajstić information content (AvgIpc) is 2.71. The van der Waals surface area contributed by atoms with Gasteiger partial charge in [0, 0.05) is 38.3 Å². The molecule has 0 bridgehead atoms. The smallest absolute Gasteiger partial charge is 0.161 e. The van der Waals surface area contributed by atoms with Crippen molar-refractivity contribution >= 4 is 17.7 Å². The molecule has 0 heterocycles. The van der Waals surface area contributed by atoms with Gasteiger partial charge in [-0.25, -0.2) is 4.99 Å². The molecule has 2 aromatic carbocycles. The van der Waals surface area contributed by atoms with Crippen molar-refractivity contribution < 1.29 is 14.2 Å². The third-order valence-electron chi connectivity index (χ3n) is 4.34. The van der Waals surface area contributed by atoms with Gasteiger partial charge in [-0.3, -0.25) is 0 Å². The minimum Gasteiger partial charge on any atom is -0.497 e. The molecule has 27 heavy (non-hydrogen) atoms. The van der Waals surface area contributed by atoms with Crippen molar-refractivity contribution in [3.05, 3.63) is 42.0 Å². The first kappa shape index (κ1) is 20.4. The number of para-hydroxylation sites is 2. The molecule has 0 aliphatic heterocycles. The number of nitrogens with zero attached hydrogens (tertiary/aromatic N) is 3. The Kier molecular flexibility index (Phi) is 7.34. The molecule has 0 atom stereocenters. The highest BCUT2D eigenvalue weighted by atomic mass is 16.5. The summed E-state index contributed by atoms with van der Waals surface area (Å²) >= 11 is 0. The van der Waals surface area contributed by atoms with Crippen LogP contribution in [-0.4, -0.2) is 52.8 Å². The van der Waals surface area contributed by atoms with Crippen molar-refractivity contribution in [3.63, 3.8) is 0 Å². The Morgan fingerprint density at radius 2 is 1.78 bits per heavy atom. The second-order valence-corrected chi connectivity index (χ2v) is 6.23. The minimum atomic E-state index is 0.367. The van der Waals surface area contributed by atoms with Gasteiger partial charge in [0.15, 0.2) is 6.73 Å². The molecule has 0 N–H and O–H groups in total. The lowest BCUT2D eigenvalue weighted by Crippen LogP contribution is -2.23. The second-order valence-electron chi connectivity index (χ2n) is 6.23. The van der Waals surface area contributed by atoms with Crippen LogP contribution in [0.4, 0.5) is 11.4 Å². The van der Waals surface area contributed by atoms with Gasteiger partial charge in [0.25, 0.3) is 0 Å². The zero-order chi connectivity index (χ0) is 19.8. The van der Waals surface area contributed by atoms with Crippen LogP contribution in [0, 0.1) is 6.92 Å². The third kappa shape index (κ3) is 5.29. The highest BCUT2D eigenvalue weighted by Gasteiger charge is 2.12. The molecule has 0 fully saturated rings. The molecule has 2 aromatic rings. The van der Waals surface area contributed by atoms with Gasteiger partial charge in [-0.2, -0.15) is 0 Å². The van der Waals surface area contributed by atoms with E-state index in [1.165, 1.54) is 0 Å². The summed E-state index contributed by atoms with van der Waals surface area (Å²) in [7, 11) is 7.25. The van der Waals surface area contributed by atoms with Crippen LogP contribution >= 0.6 is 0 Å². The van der Waals surface area contributed by atoms with Crippen molar-refractivity contribution in [2.24, 2.45) is 4.99 Å². The Hall–Kier alpha value is -2.89. The molecule has 0 amide bonds. The lowest BCUT2D eigenvalue weighted by Gasteiger charge is -2.23. The minimum absolute atomic E-state index is 0.367. The lowest BCUT2D eigenvalue weighted by atomic mass is 10.1. The van der Waals surface area contributed by atoms with Crippen LogP contribution in [0.5, 0.6) is 17.2 Å². The molecule has 0 aliphatic carbocycles. The fourth-order valence-corrected chi connectivity index (χ4v) is 2.47. The summed E-state index contributed by atoms with van der Waals surface area (Å²) in [4.78, 5) is 8.57. The maximum absolute atomic E-state index is 6.07. The summed E-state index contributed by atoms with van der Waals surface area (Å²) in [6.07, 6.45) is 1.81. The monoisotopic (exact) mass is 371 g/mol. The molecular weight excluding hydrogens is 342 g/mol. The zero-order valence-electron chi connectivity index (χ0n) is 17.0. The van der Waals surface area contributed by atoms with E-state index in [4.69, 9.17) is 14.2 Å². The van der Waals surface area contributed by atoms with Gasteiger partial charge < -0.3 is 24.0 Å². The van der Waals surface area contributed by atoms with Crippen molar-refractivity contribution in [1.29, 1.82) is 0 Å². The van der Waals surface area contributed by atoms with E-state index < -0.39 is 0 Å². The number of hydrogen-bond acceptors (Lipinski definition) is 5. The maximum Gasteiger partial charge on any atom is 0.161 e. The largest absolute Gasteiger partial charge is 0.497 e. The summed E-state index contributed by atoms with van der Waals surface area (Å²) in [6, 6.07) is 11.6. The number of methoxy groups -OCH3 is 2. The normalized spacial score (nSPS) is 10.7. The molecule has 0 radical (unpaired) electrons. The van der Waals surface area contributed by atoms with Gasteiger partial charge in [0.05, 0.1) is 31.9 Å². The molecule has 0 aromatic heterocycles. The van der Waals surface area contributed by atoms with Crippen molar-refractivity contribution in [2.75, 3.05) is 46.5 Å². The molecule has 0 saturated heterocycles. The first-order chi connectivity index (χ1) is 13.0. The van der Waals surface area contributed by atoms with Crippen LogP contribution in [0.2, 0.25) is 0 Å². The molecule has 0 unspecified atom stereocenters. The quantitative estimate of drug-likeness (QED) is 0.377. The summed E-state index contributed by atoms with van der Waals surface area (Å²) in [5.41, 5.74) is 2.75. The zero-order valence-corrected chi connectivity index (χ0v) is 17.0. The van der Waals surface area contributed by atoms with Crippen molar-refractivity contribution in [2.45, 2.75) is 13.8 Å². The molecule has 6 heteroatoms. The Labute approximate surface area is 162 Å². The number of hydrogen-bond donors (Lipinski definition) is 0. The highest BCUT2D eigenvalue weighted by Crippen LogP contribution is 2.34. The summed E-state index contributed by atoms with van der Waals surface area (Å²) in [6.45, 7) is 5.33. The van der Waals surface area contributed by atoms with Gasteiger partial charge in [-0.15, -0.1) is 0 Å². The highest BCUT2D eigenvalue weighted by molar-refractivity contribution is 5.66. The summed E-state index contributed by atoms with van der Waals surface area (Å²) < 4.78 is 16.9. The predicted molar refractivity (Wildman–Crippen MR) is 111 cm³/mol. The Balaban J connectivity index is 2.21. The predicted octanol–water partition coefficient (Wildman–Crippen LogP) is 4.10. The second kappa shape index (κ2) is 9.71. The van der Waals surface area contributed by atoms with E-state index in [0.29, 0.717) is 12.5 Å². The van der Waals surface area contributed by atoms with E-state index in [2.05, 4.69) is 11.9 Å². The van der Waals surface area contributed by atoms with Crippen LogP contribution in [0.3, 0.4) is 0 Å². The van der Waals surface area contributed by atoms with Gasteiger partial charge >= 0.3 is 0 Å². The SMILES string of the molecule is CCN(C)/C=N/c1cc(OC)cc(OCN(C)c2ccccc2OC)c1C. The van der Waals surface area contributed by atoms with E-state index in [0.717, 1.165) is 35.0 Å². The van der Waals surface area contributed by atoms with Crippen molar-refractivity contribution in [3.8, 4) is 17.2 Å². The van der Waals surface area contributed by atoms with Crippen LogP contribution in [0.15, 0.2) is 41.4 Å².